The van der Waals surface area contributed by atoms with Gasteiger partial charge in [-0.1, -0.05) is 42.5 Å². The Morgan fingerprint density at radius 1 is 1.07 bits per heavy atom. The summed E-state index contributed by atoms with van der Waals surface area (Å²) in [5, 5.41) is 3.96. The zero-order valence-corrected chi connectivity index (χ0v) is 18.0. The van der Waals surface area contributed by atoms with Gasteiger partial charge in [0.05, 0.1) is 11.0 Å². The fraction of sp³-hybridized carbons (Fsp3) is 0.500. The fourth-order valence-corrected chi connectivity index (χ4v) is 5.99. The maximum Gasteiger partial charge on any atom is 0.106 e. The fourth-order valence-electron chi connectivity index (χ4n) is 5.99. The molecule has 0 aliphatic heterocycles. The molecule has 0 radical (unpaired) electrons. The second-order valence-corrected chi connectivity index (χ2v) is 9.34. The van der Waals surface area contributed by atoms with Crippen LogP contribution < -0.4 is 11.1 Å². The Labute approximate surface area is 179 Å². The minimum absolute atomic E-state index is 0.440. The first kappa shape index (κ1) is 19.8. The lowest BCUT2D eigenvalue weighted by Gasteiger charge is -2.49. The molecule has 30 heavy (non-hydrogen) atoms. The molecule has 4 heteroatoms. The quantitative estimate of drug-likeness (QED) is 0.597. The highest BCUT2D eigenvalue weighted by molar-refractivity contribution is 5.76. The van der Waals surface area contributed by atoms with Crippen LogP contribution in [0, 0.1) is 18.8 Å². The lowest BCUT2D eigenvalue weighted by atomic mass is 9.61. The van der Waals surface area contributed by atoms with Gasteiger partial charge in [0.2, 0.25) is 0 Å². The van der Waals surface area contributed by atoms with Crippen LogP contribution in [0.1, 0.15) is 55.5 Å². The van der Waals surface area contributed by atoms with E-state index in [0.717, 1.165) is 36.1 Å². The summed E-state index contributed by atoms with van der Waals surface area (Å²) < 4.78 is 2.52. The van der Waals surface area contributed by atoms with E-state index in [4.69, 9.17) is 10.7 Å². The molecule has 5 atom stereocenters. The molecule has 2 aliphatic rings. The predicted molar refractivity (Wildman–Crippen MR) is 124 cm³/mol. The van der Waals surface area contributed by atoms with E-state index in [2.05, 4.69) is 71.4 Å². The van der Waals surface area contributed by atoms with E-state index in [0.29, 0.717) is 24.5 Å². The average Bonchev–Trinajstić information content (AvgIpc) is 3.09. The maximum absolute atomic E-state index is 6.10. The van der Waals surface area contributed by atoms with Gasteiger partial charge in [0.1, 0.15) is 5.82 Å². The van der Waals surface area contributed by atoms with Crippen LogP contribution in [0.25, 0.3) is 11.0 Å². The average molecular weight is 403 g/mol. The Bertz CT molecular complexity index is 979. The second-order valence-electron chi connectivity index (χ2n) is 9.34. The molecule has 158 valence electrons. The zero-order valence-electron chi connectivity index (χ0n) is 18.0. The molecule has 3 aromatic rings. The van der Waals surface area contributed by atoms with E-state index in [1.807, 2.05) is 0 Å². The standard InChI is InChI=1S/C26H34N4/c1-18-29-24-9-5-6-10-26(24)30(18)22-15-20-11-12-23(20)25(16-22)28-14-13-21(17-27)19-7-3-2-4-8-19/h2-10,20-23,25,28H,11-17,27H2,1H3. The summed E-state index contributed by atoms with van der Waals surface area (Å²) in [5.41, 5.74) is 9.89. The minimum atomic E-state index is 0.440. The molecule has 2 fully saturated rings. The van der Waals surface area contributed by atoms with E-state index in [1.54, 1.807) is 0 Å². The normalized spacial score (nSPS) is 26.9. The van der Waals surface area contributed by atoms with Gasteiger partial charge in [-0.2, -0.15) is 0 Å². The summed E-state index contributed by atoms with van der Waals surface area (Å²) in [4.78, 5) is 4.83. The van der Waals surface area contributed by atoms with Crippen molar-refractivity contribution in [2.75, 3.05) is 13.1 Å². The highest BCUT2D eigenvalue weighted by Crippen LogP contribution is 2.49. The lowest BCUT2D eigenvalue weighted by molar-refractivity contribution is 0.0467. The van der Waals surface area contributed by atoms with Gasteiger partial charge in [-0.05, 0) is 87.6 Å². The molecule has 2 saturated carbocycles. The number of nitrogens with one attached hydrogen (secondary N) is 1. The van der Waals surface area contributed by atoms with Gasteiger partial charge in [-0.25, -0.2) is 4.98 Å². The summed E-state index contributed by atoms with van der Waals surface area (Å²) in [5.74, 6) is 3.31. The number of aromatic nitrogens is 2. The Kier molecular flexibility index (Phi) is 5.62. The first-order valence-electron chi connectivity index (χ1n) is 11.7. The molecule has 1 aromatic heterocycles. The van der Waals surface area contributed by atoms with Crippen molar-refractivity contribution in [2.45, 2.75) is 57.0 Å². The molecule has 3 N–H and O–H groups in total. The molecule has 2 aromatic carbocycles. The van der Waals surface area contributed by atoms with Gasteiger partial charge >= 0.3 is 0 Å². The van der Waals surface area contributed by atoms with Gasteiger partial charge < -0.3 is 15.6 Å². The van der Waals surface area contributed by atoms with Gasteiger partial charge in [-0.3, -0.25) is 0 Å². The Hall–Kier alpha value is -2.17. The number of imidazole rings is 1. The first-order chi connectivity index (χ1) is 14.7. The van der Waals surface area contributed by atoms with E-state index in [-0.39, 0.29) is 0 Å². The van der Waals surface area contributed by atoms with Crippen molar-refractivity contribution < 1.29 is 0 Å². The number of aryl methyl sites for hydroxylation is 1. The number of nitrogens with two attached hydrogens (primary N) is 1. The molecule has 0 spiro atoms. The van der Waals surface area contributed by atoms with Crippen molar-refractivity contribution in [3.05, 3.63) is 66.0 Å². The number of para-hydroxylation sites is 2. The molecule has 4 nitrogen and oxygen atoms in total. The number of benzene rings is 2. The number of fused-ring (bicyclic) bond motifs is 2. The third kappa shape index (κ3) is 3.67. The third-order valence-electron chi connectivity index (χ3n) is 7.69. The monoisotopic (exact) mass is 402 g/mol. The second kappa shape index (κ2) is 8.52. The van der Waals surface area contributed by atoms with Crippen molar-refractivity contribution >= 4 is 11.0 Å². The highest BCUT2D eigenvalue weighted by atomic mass is 15.1. The lowest BCUT2D eigenvalue weighted by Crippen LogP contribution is -2.50. The SMILES string of the molecule is Cc1nc2ccccc2n1C1CC2CCC2C(NCCC(CN)c2ccccc2)C1. The van der Waals surface area contributed by atoms with Crippen LogP contribution in [0.3, 0.4) is 0 Å². The van der Waals surface area contributed by atoms with Crippen LogP contribution in [0.2, 0.25) is 0 Å². The van der Waals surface area contributed by atoms with E-state index in [1.165, 1.54) is 36.8 Å². The summed E-state index contributed by atoms with van der Waals surface area (Å²) in [6, 6.07) is 20.5. The van der Waals surface area contributed by atoms with Crippen LogP contribution in [-0.2, 0) is 0 Å². The largest absolute Gasteiger partial charge is 0.330 e. The van der Waals surface area contributed by atoms with Crippen molar-refractivity contribution in [1.82, 2.24) is 14.9 Å². The van der Waals surface area contributed by atoms with Gasteiger partial charge in [0.25, 0.3) is 0 Å². The molecule has 5 unspecified atom stereocenters. The summed E-state index contributed by atoms with van der Waals surface area (Å²) in [7, 11) is 0. The number of rotatable bonds is 7. The smallest absolute Gasteiger partial charge is 0.106 e. The van der Waals surface area contributed by atoms with Crippen LogP contribution >= 0.6 is 0 Å². The topological polar surface area (TPSA) is 55.9 Å². The highest BCUT2D eigenvalue weighted by Gasteiger charge is 2.43. The summed E-state index contributed by atoms with van der Waals surface area (Å²) in [6.07, 6.45) is 6.39. The Morgan fingerprint density at radius 2 is 1.87 bits per heavy atom. The predicted octanol–water partition coefficient (Wildman–Crippen LogP) is 4.80. The summed E-state index contributed by atoms with van der Waals surface area (Å²) >= 11 is 0. The van der Waals surface area contributed by atoms with Gasteiger partial charge in [0, 0.05) is 12.1 Å². The summed E-state index contributed by atoms with van der Waals surface area (Å²) in [6.45, 7) is 3.92. The van der Waals surface area contributed by atoms with Crippen LogP contribution in [0.5, 0.6) is 0 Å². The van der Waals surface area contributed by atoms with Gasteiger partial charge in [0.15, 0.2) is 0 Å². The van der Waals surface area contributed by atoms with Crippen molar-refractivity contribution in [3.8, 4) is 0 Å². The third-order valence-corrected chi connectivity index (χ3v) is 7.69. The molecule has 0 amide bonds. The molecular weight excluding hydrogens is 368 g/mol. The molecule has 1 heterocycles. The zero-order chi connectivity index (χ0) is 20.5. The minimum Gasteiger partial charge on any atom is -0.330 e. The van der Waals surface area contributed by atoms with Crippen molar-refractivity contribution in [3.63, 3.8) is 0 Å². The molecule has 0 bridgehead atoms. The number of hydrogen-bond acceptors (Lipinski definition) is 3. The first-order valence-corrected chi connectivity index (χ1v) is 11.7. The number of nitrogens with zero attached hydrogens (tertiary/aromatic N) is 2. The van der Waals surface area contributed by atoms with Gasteiger partial charge in [-0.15, -0.1) is 0 Å². The Balaban J connectivity index is 1.28. The van der Waals surface area contributed by atoms with Crippen LogP contribution in [-0.4, -0.2) is 28.7 Å². The number of hydrogen-bond donors (Lipinski definition) is 2. The van der Waals surface area contributed by atoms with E-state index in [9.17, 15) is 0 Å². The molecular formula is C26H34N4. The van der Waals surface area contributed by atoms with Crippen molar-refractivity contribution in [2.24, 2.45) is 17.6 Å². The van der Waals surface area contributed by atoms with E-state index >= 15 is 0 Å². The molecule has 2 aliphatic carbocycles. The maximum atomic E-state index is 6.10. The van der Waals surface area contributed by atoms with E-state index < -0.39 is 0 Å². The molecule has 0 saturated heterocycles. The van der Waals surface area contributed by atoms with Crippen molar-refractivity contribution in [1.29, 1.82) is 0 Å². The van der Waals surface area contributed by atoms with Crippen LogP contribution in [0.4, 0.5) is 0 Å². The molecule has 5 rings (SSSR count). The Morgan fingerprint density at radius 3 is 2.63 bits per heavy atom. The van der Waals surface area contributed by atoms with Crippen LogP contribution in [0.15, 0.2) is 54.6 Å².